The number of hydrogen-bond donors (Lipinski definition) is 2. The van der Waals surface area contributed by atoms with Gasteiger partial charge in [0.2, 0.25) is 11.8 Å². The third kappa shape index (κ3) is 4.22. The monoisotopic (exact) mass is 431 g/mol. The minimum Gasteiger partial charge on any atom is -0.488 e. The van der Waals surface area contributed by atoms with Crippen molar-refractivity contribution in [3.8, 4) is 28.5 Å². The third-order valence-electron chi connectivity index (χ3n) is 4.63. The number of fused-ring (bicyclic) bond motifs is 1. The average molecular weight is 431 g/mol. The Bertz CT molecular complexity index is 1370. The molecule has 0 radical (unpaired) electrons. The van der Waals surface area contributed by atoms with Crippen LogP contribution in [0.2, 0.25) is 0 Å². The van der Waals surface area contributed by atoms with Gasteiger partial charge in [0.1, 0.15) is 11.3 Å². The summed E-state index contributed by atoms with van der Waals surface area (Å²) in [6, 6.07) is 8.60. The van der Waals surface area contributed by atoms with E-state index in [4.69, 9.17) is 9.47 Å². The van der Waals surface area contributed by atoms with Crippen molar-refractivity contribution in [2.75, 3.05) is 11.9 Å². The zero-order chi connectivity index (χ0) is 22.7. The minimum atomic E-state index is -0.316. The number of aromatic nitrogens is 4. The molecule has 4 rings (SSSR count). The van der Waals surface area contributed by atoms with Crippen molar-refractivity contribution < 1.29 is 14.3 Å². The molecule has 32 heavy (non-hydrogen) atoms. The maximum atomic E-state index is 12.3. The van der Waals surface area contributed by atoms with Gasteiger partial charge < -0.3 is 24.3 Å². The summed E-state index contributed by atoms with van der Waals surface area (Å²) in [6.45, 7) is 5.65. The lowest BCUT2D eigenvalue weighted by Crippen LogP contribution is -2.18. The number of anilines is 1. The van der Waals surface area contributed by atoms with E-state index in [-0.39, 0.29) is 23.1 Å². The Kier molecular flexibility index (Phi) is 5.71. The van der Waals surface area contributed by atoms with Crippen molar-refractivity contribution in [3.05, 3.63) is 71.9 Å². The van der Waals surface area contributed by atoms with E-state index in [0.717, 1.165) is 11.1 Å². The molecule has 0 aliphatic heterocycles. The summed E-state index contributed by atoms with van der Waals surface area (Å²) in [5.41, 5.74) is 3.01. The number of nitrogens with one attached hydrogen (secondary N) is 2. The van der Waals surface area contributed by atoms with Gasteiger partial charge in [-0.25, -0.2) is 9.97 Å². The number of H-pyrrole nitrogens is 1. The molecule has 0 aliphatic rings. The summed E-state index contributed by atoms with van der Waals surface area (Å²) in [5.74, 6) is 0.711. The first-order chi connectivity index (χ1) is 15.5. The number of pyridine rings is 1. The lowest BCUT2D eigenvalue weighted by molar-refractivity contribution is -0.111. The quantitative estimate of drug-likeness (QED) is 0.432. The fourth-order valence-corrected chi connectivity index (χ4v) is 3.18. The van der Waals surface area contributed by atoms with Gasteiger partial charge in [-0.2, -0.15) is 0 Å². The summed E-state index contributed by atoms with van der Waals surface area (Å²) >= 11 is 0. The first kappa shape index (κ1) is 20.9. The second-order valence-corrected chi connectivity index (χ2v) is 6.87. The summed E-state index contributed by atoms with van der Waals surface area (Å²) in [6.07, 6.45) is 6.19. The summed E-state index contributed by atoms with van der Waals surface area (Å²) in [7, 11) is 1.67. The Morgan fingerprint density at radius 3 is 2.97 bits per heavy atom. The molecule has 0 bridgehead atoms. The number of nitrogens with zero attached hydrogens (tertiary/aromatic N) is 3. The SMILES string of the molecule is C=CC(=O)Nc1cccc(Oc2cnc3[nH]cc(-c4cc(OCC)c(=O)n(C)c4)c3n2)c1. The molecule has 9 heteroatoms. The van der Waals surface area contributed by atoms with Gasteiger partial charge in [-0.05, 0) is 31.2 Å². The van der Waals surface area contributed by atoms with E-state index in [9.17, 15) is 9.59 Å². The van der Waals surface area contributed by atoms with Gasteiger partial charge in [0, 0.05) is 42.3 Å². The number of ether oxygens (including phenoxy) is 2. The fraction of sp³-hybridized carbons (Fsp3) is 0.130. The first-order valence-electron chi connectivity index (χ1n) is 9.87. The standard InChI is InChI=1S/C23H21N5O4/c1-4-19(29)26-15-7-6-8-16(10-15)32-20-12-25-22-21(27-20)17(11-24-22)14-9-18(31-5-2)23(30)28(3)13-14/h4,6-13H,1,5H2,2-3H3,(H,24,25)(H,26,29). The Labute approximate surface area is 183 Å². The molecule has 3 aromatic heterocycles. The van der Waals surface area contributed by atoms with Crippen molar-refractivity contribution in [3.63, 3.8) is 0 Å². The Hall–Kier alpha value is -4.40. The zero-order valence-electron chi connectivity index (χ0n) is 17.6. The zero-order valence-corrected chi connectivity index (χ0v) is 17.6. The van der Waals surface area contributed by atoms with Crippen LogP contribution in [0, 0.1) is 0 Å². The molecule has 0 aliphatic carbocycles. The molecular weight excluding hydrogens is 410 g/mol. The lowest BCUT2D eigenvalue weighted by Gasteiger charge is -2.09. The lowest BCUT2D eigenvalue weighted by atomic mass is 10.1. The Balaban J connectivity index is 1.69. The maximum Gasteiger partial charge on any atom is 0.292 e. The Morgan fingerprint density at radius 1 is 1.34 bits per heavy atom. The molecule has 1 aromatic carbocycles. The molecular formula is C23H21N5O4. The van der Waals surface area contributed by atoms with Gasteiger partial charge in [0.25, 0.3) is 5.56 Å². The molecule has 0 fully saturated rings. The van der Waals surface area contributed by atoms with Gasteiger partial charge in [-0.1, -0.05) is 12.6 Å². The van der Waals surface area contributed by atoms with Crippen LogP contribution in [-0.4, -0.2) is 32.0 Å². The van der Waals surface area contributed by atoms with Crippen molar-refractivity contribution in [1.82, 2.24) is 19.5 Å². The molecule has 4 aromatic rings. The van der Waals surface area contributed by atoms with Crippen LogP contribution >= 0.6 is 0 Å². The highest BCUT2D eigenvalue weighted by Gasteiger charge is 2.14. The van der Waals surface area contributed by atoms with E-state index < -0.39 is 0 Å². The predicted octanol–water partition coefficient (Wildman–Crippen LogP) is 3.64. The second-order valence-electron chi connectivity index (χ2n) is 6.87. The van der Waals surface area contributed by atoms with Crippen molar-refractivity contribution in [1.29, 1.82) is 0 Å². The molecule has 0 atom stereocenters. The summed E-state index contributed by atoms with van der Waals surface area (Å²) in [5, 5.41) is 2.68. The van der Waals surface area contributed by atoms with Gasteiger partial charge in [0.15, 0.2) is 11.4 Å². The van der Waals surface area contributed by atoms with Crippen molar-refractivity contribution >= 4 is 22.8 Å². The van der Waals surface area contributed by atoms with Crippen molar-refractivity contribution in [2.24, 2.45) is 7.05 Å². The van der Waals surface area contributed by atoms with E-state index >= 15 is 0 Å². The van der Waals surface area contributed by atoms with Crippen LogP contribution in [0.4, 0.5) is 5.69 Å². The van der Waals surface area contributed by atoms with Crippen LogP contribution in [-0.2, 0) is 11.8 Å². The van der Waals surface area contributed by atoms with E-state index in [1.54, 1.807) is 49.8 Å². The molecule has 0 unspecified atom stereocenters. The number of aryl methyl sites for hydroxylation is 1. The summed E-state index contributed by atoms with van der Waals surface area (Å²) < 4.78 is 12.8. The van der Waals surface area contributed by atoms with Gasteiger partial charge in [0.05, 0.1) is 12.8 Å². The normalized spacial score (nSPS) is 10.7. The van der Waals surface area contributed by atoms with Crippen LogP contribution in [0.15, 0.2) is 66.4 Å². The molecule has 9 nitrogen and oxygen atoms in total. The smallest absolute Gasteiger partial charge is 0.292 e. The Morgan fingerprint density at radius 2 is 2.19 bits per heavy atom. The van der Waals surface area contributed by atoms with Crippen LogP contribution in [0.25, 0.3) is 22.3 Å². The van der Waals surface area contributed by atoms with Gasteiger partial charge in [-0.3, -0.25) is 9.59 Å². The molecule has 2 N–H and O–H groups in total. The molecule has 0 saturated heterocycles. The molecule has 1 amide bonds. The number of benzene rings is 1. The number of hydrogen-bond acceptors (Lipinski definition) is 6. The highest BCUT2D eigenvalue weighted by molar-refractivity contribution is 5.99. The largest absolute Gasteiger partial charge is 0.488 e. The van der Waals surface area contributed by atoms with Crippen LogP contribution in [0.5, 0.6) is 17.4 Å². The second kappa shape index (κ2) is 8.76. The fourth-order valence-electron chi connectivity index (χ4n) is 3.18. The van der Waals surface area contributed by atoms with E-state index in [1.807, 2.05) is 6.92 Å². The first-order valence-corrected chi connectivity index (χ1v) is 9.87. The van der Waals surface area contributed by atoms with Crippen molar-refractivity contribution in [2.45, 2.75) is 6.92 Å². The number of carbonyl (C=O) groups excluding carboxylic acids is 1. The number of amides is 1. The van der Waals surface area contributed by atoms with E-state index in [0.29, 0.717) is 29.2 Å². The molecule has 162 valence electrons. The summed E-state index contributed by atoms with van der Waals surface area (Å²) in [4.78, 5) is 35.8. The van der Waals surface area contributed by atoms with E-state index in [2.05, 4.69) is 26.8 Å². The van der Waals surface area contributed by atoms with Gasteiger partial charge in [-0.15, -0.1) is 0 Å². The van der Waals surface area contributed by atoms with Crippen LogP contribution in [0.3, 0.4) is 0 Å². The highest BCUT2D eigenvalue weighted by Crippen LogP contribution is 2.30. The highest BCUT2D eigenvalue weighted by atomic mass is 16.5. The number of rotatable bonds is 7. The number of carbonyl (C=O) groups is 1. The van der Waals surface area contributed by atoms with E-state index in [1.165, 1.54) is 16.8 Å². The van der Waals surface area contributed by atoms with Crippen LogP contribution in [0.1, 0.15) is 6.92 Å². The van der Waals surface area contributed by atoms with Gasteiger partial charge >= 0.3 is 0 Å². The molecule has 0 saturated carbocycles. The number of aromatic amines is 1. The predicted molar refractivity (Wildman–Crippen MR) is 121 cm³/mol. The minimum absolute atomic E-state index is 0.214. The molecule has 3 heterocycles. The average Bonchev–Trinajstić information content (AvgIpc) is 3.20. The van der Waals surface area contributed by atoms with Crippen LogP contribution < -0.4 is 20.3 Å². The topological polar surface area (TPSA) is 111 Å². The molecule has 0 spiro atoms. The maximum absolute atomic E-state index is 12.3. The third-order valence-corrected chi connectivity index (χ3v) is 4.63.